The number of aromatic hydroxyl groups is 1. The number of benzene rings is 1. The average Bonchev–Trinajstić information content (AvgIpc) is 2.70. The summed E-state index contributed by atoms with van der Waals surface area (Å²) >= 11 is 0. The number of aliphatic hydroxyl groups is 3. The lowest BCUT2D eigenvalue weighted by Crippen LogP contribution is -2.64. The number of phenolic OH excluding ortho intramolecular Hbond substituents is 1. The van der Waals surface area contributed by atoms with Gasteiger partial charge in [-0.2, -0.15) is 0 Å². The number of hydrogen-bond donors (Lipinski definition) is 5. The third kappa shape index (κ3) is 2.55. The molecule has 4 rings (SSSR count). The molecule has 0 saturated heterocycles. The number of carbonyl (C=O) groups excluding carboxylic acids is 3. The maximum absolute atomic E-state index is 13.4. The number of Topliss-reactive ketones (excluding diaryl/α,β-unsaturated/α-hetero) is 2. The zero-order chi connectivity index (χ0) is 23.7. The highest BCUT2D eigenvalue weighted by atomic mass is 16.3. The van der Waals surface area contributed by atoms with E-state index >= 15 is 0 Å². The van der Waals surface area contributed by atoms with Crippen LogP contribution in [-0.4, -0.2) is 68.5 Å². The Morgan fingerprint density at radius 1 is 1.25 bits per heavy atom. The van der Waals surface area contributed by atoms with Crippen molar-refractivity contribution in [2.45, 2.75) is 24.0 Å². The van der Waals surface area contributed by atoms with E-state index in [2.05, 4.69) is 6.58 Å². The summed E-state index contributed by atoms with van der Waals surface area (Å²) in [4.78, 5) is 40.0. The molecule has 6 N–H and O–H groups in total. The second kappa shape index (κ2) is 7.04. The minimum atomic E-state index is -2.65. The Morgan fingerprint density at radius 2 is 1.91 bits per heavy atom. The SMILES string of the molecule is C=C[C@H]1c2cccc(O)c2C(=O)C2=C(O)[C@]3(O)C(=O)C(C(N)=O)=C(O)[C@@H](N(C)C)[C@@H]3C[C@@H]21. The molecular formula is C23H24N2O7. The van der Waals surface area contributed by atoms with Gasteiger partial charge >= 0.3 is 0 Å². The smallest absolute Gasteiger partial charge is 0.255 e. The number of allylic oxidation sites excluding steroid dienone is 2. The van der Waals surface area contributed by atoms with Crippen molar-refractivity contribution >= 4 is 17.5 Å². The van der Waals surface area contributed by atoms with Gasteiger partial charge < -0.3 is 26.2 Å². The topological polar surface area (TPSA) is 161 Å². The minimum absolute atomic E-state index is 0.0120. The first kappa shape index (κ1) is 21.8. The molecule has 0 saturated carbocycles. The molecule has 0 fully saturated rings. The number of primary amides is 1. The summed E-state index contributed by atoms with van der Waals surface area (Å²) in [5, 5.41) is 43.8. The number of aliphatic hydroxyl groups excluding tert-OH is 2. The number of likely N-dealkylation sites (N-methyl/N-ethyl adjacent to an activating group) is 1. The average molecular weight is 440 g/mol. The molecule has 3 aliphatic carbocycles. The molecule has 32 heavy (non-hydrogen) atoms. The van der Waals surface area contributed by atoms with Crippen molar-refractivity contribution in [3.8, 4) is 5.75 Å². The Balaban J connectivity index is 2.03. The van der Waals surface area contributed by atoms with Crippen LogP contribution in [0.2, 0.25) is 0 Å². The van der Waals surface area contributed by atoms with Gasteiger partial charge in [0.1, 0.15) is 22.8 Å². The van der Waals surface area contributed by atoms with Crippen LogP contribution in [0.4, 0.5) is 0 Å². The molecule has 1 amide bonds. The van der Waals surface area contributed by atoms with E-state index in [-0.39, 0.29) is 23.3 Å². The zero-order valence-corrected chi connectivity index (χ0v) is 17.6. The van der Waals surface area contributed by atoms with Crippen molar-refractivity contribution < 1.29 is 34.8 Å². The van der Waals surface area contributed by atoms with Crippen LogP contribution in [-0.2, 0) is 9.59 Å². The van der Waals surface area contributed by atoms with Gasteiger partial charge in [0, 0.05) is 23.3 Å². The first-order valence-electron chi connectivity index (χ1n) is 10.1. The van der Waals surface area contributed by atoms with E-state index in [1.54, 1.807) is 32.3 Å². The van der Waals surface area contributed by atoms with Gasteiger partial charge in [0.05, 0.1) is 11.6 Å². The second-order valence-electron chi connectivity index (χ2n) is 8.67. The molecule has 9 nitrogen and oxygen atoms in total. The second-order valence-corrected chi connectivity index (χ2v) is 8.67. The fourth-order valence-corrected chi connectivity index (χ4v) is 5.57. The normalized spacial score (nSPS) is 31.9. The van der Waals surface area contributed by atoms with Gasteiger partial charge in [0.2, 0.25) is 5.78 Å². The van der Waals surface area contributed by atoms with Crippen LogP contribution in [0.3, 0.4) is 0 Å². The van der Waals surface area contributed by atoms with E-state index in [0.717, 1.165) is 0 Å². The van der Waals surface area contributed by atoms with E-state index in [4.69, 9.17) is 5.73 Å². The summed E-state index contributed by atoms with van der Waals surface area (Å²) in [5.41, 5.74) is 2.08. The number of nitrogens with two attached hydrogens (primary N) is 1. The lowest BCUT2D eigenvalue weighted by molar-refractivity contribution is -0.148. The molecule has 0 bridgehead atoms. The van der Waals surface area contributed by atoms with Crippen molar-refractivity contribution in [1.82, 2.24) is 4.90 Å². The Morgan fingerprint density at radius 3 is 2.47 bits per heavy atom. The third-order valence-electron chi connectivity index (χ3n) is 6.92. The van der Waals surface area contributed by atoms with Crippen LogP contribution in [0.15, 0.2) is 53.5 Å². The highest BCUT2D eigenvalue weighted by Gasteiger charge is 2.64. The predicted molar refractivity (Wildman–Crippen MR) is 113 cm³/mol. The summed E-state index contributed by atoms with van der Waals surface area (Å²) in [5.74, 6) is -7.32. The molecule has 0 heterocycles. The lowest BCUT2D eigenvalue weighted by atomic mass is 9.56. The molecule has 3 aliphatic rings. The Labute approximate surface area is 183 Å². The quantitative estimate of drug-likeness (QED) is 0.341. The highest BCUT2D eigenvalue weighted by molar-refractivity contribution is 6.24. The number of carbonyl (C=O) groups is 3. The predicted octanol–water partition coefficient (Wildman–Crippen LogP) is 0.848. The van der Waals surface area contributed by atoms with E-state index < -0.39 is 64.0 Å². The Kier molecular flexibility index (Phi) is 4.80. The Hall–Kier alpha value is -3.43. The van der Waals surface area contributed by atoms with Crippen molar-refractivity contribution in [3.63, 3.8) is 0 Å². The third-order valence-corrected chi connectivity index (χ3v) is 6.92. The Bertz CT molecular complexity index is 1150. The summed E-state index contributed by atoms with van der Waals surface area (Å²) in [7, 11) is 3.16. The van der Waals surface area contributed by atoms with E-state index in [9.17, 15) is 34.8 Å². The molecule has 5 atom stereocenters. The van der Waals surface area contributed by atoms with Gasteiger partial charge in [-0.05, 0) is 32.1 Å². The van der Waals surface area contributed by atoms with E-state index in [0.29, 0.717) is 5.56 Å². The van der Waals surface area contributed by atoms with Crippen LogP contribution in [0.1, 0.15) is 28.3 Å². The van der Waals surface area contributed by atoms with Gasteiger partial charge in [-0.3, -0.25) is 19.3 Å². The summed E-state index contributed by atoms with van der Waals surface area (Å²) in [6, 6.07) is 3.56. The number of fused-ring (bicyclic) bond motifs is 3. The molecule has 1 aromatic rings. The number of hydrogen-bond acceptors (Lipinski definition) is 8. The lowest BCUT2D eigenvalue weighted by Gasteiger charge is -2.51. The zero-order valence-electron chi connectivity index (χ0n) is 17.6. The van der Waals surface area contributed by atoms with Crippen LogP contribution in [0.5, 0.6) is 5.75 Å². The van der Waals surface area contributed by atoms with Crippen LogP contribution in [0, 0.1) is 11.8 Å². The molecule has 9 heteroatoms. The molecule has 0 aliphatic heterocycles. The van der Waals surface area contributed by atoms with Crippen molar-refractivity contribution in [1.29, 1.82) is 0 Å². The monoisotopic (exact) mass is 440 g/mol. The van der Waals surface area contributed by atoms with Crippen LogP contribution >= 0.6 is 0 Å². The van der Waals surface area contributed by atoms with Crippen LogP contribution < -0.4 is 5.73 Å². The molecule has 0 spiro atoms. The van der Waals surface area contributed by atoms with Crippen molar-refractivity contribution in [2.24, 2.45) is 17.6 Å². The van der Waals surface area contributed by atoms with E-state index in [1.807, 2.05) is 0 Å². The molecule has 168 valence electrons. The number of nitrogens with zero attached hydrogens (tertiary/aromatic N) is 1. The first-order valence-corrected chi connectivity index (χ1v) is 10.1. The van der Waals surface area contributed by atoms with E-state index in [1.165, 1.54) is 11.0 Å². The van der Waals surface area contributed by atoms with Gasteiger partial charge in [0.15, 0.2) is 11.4 Å². The van der Waals surface area contributed by atoms with Crippen LogP contribution in [0.25, 0.3) is 0 Å². The maximum Gasteiger partial charge on any atom is 0.255 e. The fourth-order valence-electron chi connectivity index (χ4n) is 5.57. The van der Waals surface area contributed by atoms with Gasteiger partial charge in [0.25, 0.3) is 5.91 Å². The molecule has 0 unspecified atom stereocenters. The molecule has 0 aromatic heterocycles. The molecule has 1 aromatic carbocycles. The van der Waals surface area contributed by atoms with Crippen molar-refractivity contribution in [2.75, 3.05) is 14.1 Å². The maximum atomic E-state index is 13.4. The van der Waals surface area contributed by atoms with Crippen molar-refractivity contribution in [3.05, 3.63) is 64.6 Å². The fraction of sp³-hybridized carbons (Fsp3) is 0.348. The number of phenols is 1. The standard InChI is InChI=1S/C23H24N2O7/c1-4-9-10-6-5-7-13(26)14(10)18(27)15-11(9)8-12-17(25(2)3)19(28)16(22(24)31)21(30)23(12,32)20(15)29/h4-7,9,11-12,17,26,28-29,32H,1,8H2,2-3H3,(H2,24,31)/t9-,11+,12-,17-,23-/m0/s1. The summed E-state index contributed by atoms with van der Waals surface area (Å²) in [6.07, 6.45) is 1.59. The van der Waals surface area contributed by atoms with Gasteiger partial charge in [-0.25, -0.2) is 0 Å². The number of amides is 1. The van der Waals surface area contributed by atoms with Gasteiger partial charge in [-0.1, -0.05) is 18.2 Å². The summed E-state index contributed by atoms with van der Waals surface area (Å²) in [6.45, 7) is 3.84. The molecular weight excluding hydrogens is 416 g/mol. The molecule has 0 radical (unpaired) electrons. The minimum Gasteiger partial charge on any atom is -0.510 e. The van der Waals surface area contributed by atoms with Gasteiger partial charge in [-0.15, -0.1) is 6.58 Å². The first-order chi connectivity index (χ1) is 15.0. The highest BCUT2D eigenvalue weighted by Crippen LogP contribution is 2.55. The number of ketones is 2. The largest absolute Gasteiger partial charge is 0.510 e. The number of rotatable bonds is 3. The summed E-state index contributed by atoms with van der Waals surface area (Å²) < 4.78 is 0.